The number of rotatable bonds is 4. The van der Waals surface area contributed by atoms with Gasteiger partial charge in [-0.3, -0.25) is 0 Å². The number of nitrogens with one attached hydrogen (secondary N) is 1. The van der Waals surface area contributed by atoms with Crippen LogP contribution in [0.15, 0.2) is 29.2 Å². The third-order valence-corrected chi connectivity index (χ3v) is 4.21. The fraction of sp³-hybridized carbons (Fsp3) is 0.231. The zero-order valence-corrected chi connectivity index (χ0v) is 13.3. The van der Waals surface area contributed by atoms with Crippen molar-refractivity contribution in [3.8, 4) is 5.75 Å². The van der Waals surface area contributed by atoms with Crippen molar-refractivity contribution in [2.24, 2.45) is 0 Å². The van der Waals surface area contributed by atoms with Crippen molar-refractivity contribution in [1.82, 2.24) is 9.97 Å². The van der Waals surface area contributed by atoms with Gasteiger partial charge in [0, 0.05) is 16.4 Å². The first-order valence-electron chi connectivity index (χ1n) is 6.00. The largest absolute Gasteiger partial charge is 0.495 e. The molecule has 1 aromatic carbocycles. The first-order valence-corrected chi connectivity index (χ1v) is 7.86. The summed E-state index contributed by atoms with van der Waals surface area (Å²) >= 11 is 5.85. The van der Waals surface area contributed by atoms with Gasteiger partial charge < -0.3 is 4.74 Å². The predicted octanol–water partition coefficient (Wildman–Crippen LogP) is 2.56. The number of halogens is 1. The van der Waals surface area contributed by atoms with Gasteiger partial charge in [-0.25, -0.2) is 23.1 Å². The summed E-state index contributed by atoms with van der Waals surface area (Å²) in [6, 6.07) is 6.09. The molecule has 0 amide bonds. The van der Waals surface area contributed by atoms with Crippen LogP contribution in [0.3, 0.4) is 0 Å². The standard InChI is InChI=1S/C13H14ClN3O3S/c1-8-6-9(2)16-13(15-8)17-21(18,19)12-7-10(14)4-5-11(12)20-3/h4-7H,1-3H3,(H,15,16,17). The maximum atomic E-state index is 12.4. The number of nitrogens with zero attached hydrogens (tertiary/aromatic N) is 2. The van der Waals surface area contributed by atoms with Crippen LogP contribution in [0.25, 0.3) is 0 Å². The van der Waals surface area contributed by atoms with E-state index in [4.69, 9.17) is 16.3 Å². The average molecular weight is 328 g/mol. The molecule has 0 fully saturated rings. The molecule has 0 saturated heterocycles. The molecule has 6 nitrogen and oxygen atoms in total. The van der Waals surface area contributed by atoms with E-state index in [9.17, 15) is 8.42 Å². The van der Waals surface area contributed by atoms with Crippen LogP contribution >= 0.6 is 11.6 Å². The summed E-state index contributed by atoms with van der Waals surface area (Å²) in [5, 5.41) is 0.289. The first kappa shape index (κ1) is 15.5. The summed E-state index contributed by atoms with van der Waals surface area (Å²) in [5.74, 6) is 0.200. The van der Waals surface area contributed by atoms with Gasteiger partial charge in [-0.1, -0.05) is 11.6 Å². The van der Waals surface area contributed by atoms with Crippen LogP contribution in [-0.4, -0.2) is 25.5 Å². The van der Waals surface area contributed by atoms with E-state index >= 15 is 0 Å². The number of benzene rings is 1. The maximum Gasteiger partial charge on any atom is 0.267 e. The number of sulfonamides is 1. The van der Waals surface area contributed by atoms with Crippen LogP contribution in [0, 0.1) is 13.8 Å². The van der Waals surface area contributed by atoms with Crippen molar-refractivity contribution in [3.63, 3.8) is 0 Å². The van der Waals surface area contributed by atoms with Gasteiger partial charge in [-0.15, -0.1) is 0 Å². The number of methoxy groups -OCH3 is 1. The Bertz CT molecular complexity index is 758. The Morgan fingerprint density at radius 2 is 1.76 bits per heavy atom. The number of hydrogen-bond acceptors (Lipinski definition) is 5. The smallest absolute Gasteiger partial charge is 0.267 e. The van der Waals surface area contributed by atoms with Gasteiger partial charge in [-0.05, 0) is 38.1 Å². The minimum absolute atomic E-state index is 0.00882. The number of anilines is 1. The number of hydrogen-bond donors (Lipinski definition) is 1. The molecule has 1 aromatic heterocycles. The molecule has 1 heterocycles. The lowest BCUT2D eigenvalue weighted by Gasteiger charge is -2.11. The molecule has 112 valence electrons. The average Bonchev–Trinajstić information content (AvgIpc) is 2.36. The molecule has 0 atom stereocenters. The molecular weight excluding hydrogens is 314 g/mol. The van der Waals surface area contributed by atoms with E-state index < -0.39 is 10.0 Å². The molecule has 0 saturated carbocycles. The van der Waals surface area contributed by atoms with Gasteiger partial charge in [0.25, 0.3) is 10.0 Å². The predicted molar refractivity (Wildman–Crippen MR) is 80.3 cm³/mol. The summed E-state index contributed by atoms with van der Waals surface area (Å²) < 4.78 is 32.2. The zero-order chi connectivity index (χ0) is 15.6. The third-order valence-electron chi connectivity index (χ3n) is 2.62. The van der Waals surface area contributed by atoms with Crippen molar-refractivity contribution in [2.45, 2.75) is 18.7 Å². The molecule has 2 aromatic rings. The van der Waals surface area contributed by atoms with Crippen molar-refractivity contribution < 1.29 is 13.2 Å². The fourth-order valence-corrected chi connectivity index (χ4v) is 3.18. The minimum Gasteiger partial charge on any atom is -0.495 e. The number of ether oxygens (including phenoxy) is 1. The van der Waals surface area contributed by atoms with E-state index in [1.807, 2.05) is 0 Å². The monoisotopic (exact) mass is 327 g/mol. The number of aryl methyl sites for hydroxylation is 2. The zero-order valence-electron chi connectivity index (χ0n) is 11.7. The van der Waals surface area contributed by atoms with Crippen LogP contribution in [0.2, 0.25) is 5.02 Å². The SMILES string of the molecule is COc1ccc(Cl)cc1S(=O)(=O)Nc1nc(C)cc(C)n1. The van der Waals surface area contributed by atoms with Gasteiger partial charge in [0.05, 0.1) is 7.11 Å². The lowest BCUT2D eigenvalue weighted by atomic mass is 10.3. The first-order chi connectivity index (χ1) is 9.81. The van der Waals surface area contributed by atoms with E-state index in [0.717, 1.165) is 0 Å². The summed E-state index contributed by atoms with van der Waals surface area (Å²) in [6.45, 7) is 3.51. The van der Waals surface area contributed by atoms with Crippen LogP contribution < -0.4 is 9.46 Å². The molecule has 0 unspecified atom stereocenters. The van der Waals surface area contributed by atoms with E-state index in [2.05, 4.69) is 14.7 Å². The van der Waals surface area contributed by atoms with Crippen LogP contribution in [0.1, 0.15) is 11.4 Å². The molecule has 0 aliphatic heterocycles. The molecule has 2 rings (SSSR count). The number of aromatic nitrogens is 2. The highest BCUT2D eigenvalue weighted by Gasteiger charge is 2.21. The minimum atomic E-state index is -3.90. The topological polar surface area (TPSA) is 81.2 Å². The molecule has 0 aliphatic rings. The Labute approximate surface area is 128 Å². The van der Waals surface area contributed by atoms with E-state index in [0.29, 0.717) is 11.4 Å². The Morgan fingerprint density at radius 3 is 2.33 bits per heavy atom. The Balaban J connectivity index is 2.45. The van der Waals surface area contributed by atoms with E-state index in [1.165, 1.54) is 19.2 Å². The molecule has 1 N–H and O–H groups in total. The molecule has 8 heteroatoms. The molecule has 0 radical (unpaired) electrons. The van der Waals surface area contributed by atoms with Gasteiger partial charge in [0.2, 0.25) is 5.95 Å². The van der Waals surface area contributed by atoms with E-state index in [1.54, 1.807) is 26.0 Å². The van der Waals surface area contributed by atoms with Gasteiger partial charge in [0.15, 0.2) is 0 Å². The second kappa shape index (κ2) is 5.87. The maximum absolute atomic E-state index is 12.4. The highest BCUT2D eigenvalue weighted by Crippen LogP contribution is 2.28. The normalized spacial score (nSPS) is 11.2. The fourth-order valence-electron chi connectivity index (χ4n) is 1.81. The Morgan fingerprint density at radius 1 is 1.14 bits per heavy atom. The Hall–Kier alpha value is -1.86. The van der Waals surface area contributed by atoms with Crippen molar-refractivity contribution in [3.05, 3.63) is 40.7 Å². The summed E-state index contributed by atoms with van der Waals surface area (Å²) in [4.78, 5) is 8.03. The van der Waals surface area contributed by atoms with Crippen molar-refractivity contribution in [1.29, 1.82) is 0 Å². The summed E-state index contributed by atoms with van der Waals surface area (Å²) in [6.07, 6.45) is 0. The second-order valence-corrected chi connectivity index (χ2v) is 6.46. The molecule has 0 bridgehead atoms. The molecule has 0 aliphatic carbocycles. The quantitative estimate of drug-likeness (QED) is 0.933. The van der Waals surface area contributed by atoms with Crippen LogP contribution in [0.4, 0.5) is 5.95 Å². The highest BCUT2D eigenvalue weighted by molar-refractivity contribution is 7.92. The highest BCUT2D eigenvalue weighted by atomic mass is 35.5. The second-order valence-electron chi connectivity index (χ2n) is 4.37. The Kier molecular flexibility index (Phi) is 4.34. The lowest BCUT2D eigenvalue weighted by Crippen LogP contribution is -2.16. The van der Waals surface area contributed by atoms with Crippen molar-refractivity contribution in [2.75, 3.05) is 11.8 Å². The van der Waals surface area contributed by atoms with Gasteiger partial charge in [-0.2, -0.15) is 0 Å². The van der Waals surface area contributed by atoms with Crippen LogP contribution in [0.5, 0.6) is 5.75 Å². The summed E-state index contributed by atoms with van der Waals surface area (Å²) in [5.41, 5.74) is 1.33. The van der Waals surface area contributed by atoms with Gasteiger partial charge >= 0.3 is 0 Å². The molecule has 21 heavy (non-hydrogen) atoms. The molecular formula is C13H14ClN3O3S. The van der Waals surface area contributed by atoms with E-state index in [-0.39, 0.29) is 21.6 Å². The molecule has 0 spiro atoms. The van der Waals surface area contributed by atoms with Crippen molar-refractivity contribution >= 4 is 27.6 Å². The van der Waals surface area contributed by atoms with Crippen LogP contribution in [-0.2, 0) is 10.0 Å². The van der Waals surface area contributed by atoms with Gasteiger partial charge in [0.1, 0.15) is 10.6 Å². The lowest BCUT2D eigenvalue weighted by molar-refractivity contribution is 0.403. The summed E-state index contributed by atoms with van der Waals surface area (Å²) in [7, 11) is -2.51. The third kappa shape index (κ3) is 3.62.